The molecule has 8 nitrogen and oxygen atoms in total. The summed E-state index contributed by atoms with van der Waals surface area (Å²) in [6, 6.07) is 8.11. The number of urea groups is 1. The minimum atomic E-state index is -0.770. The first kappa shape index (κ1) is 21.2. The summed E-state index contributed by atoms with van der Waals surface area (Å²) in [5, 5.41) is 22.5. The van der Waals surface area contributed by atoms with Crippen LogP contribution >= 0.6 is 0 Å². The van der Waals surface area contributed by atoms with Crippen molar-refractivity contribution in [1.29, 1.82) is 0 Å². The second-order valence-corrected chi connectivity index (χ2v) is 8.15. The van der Waals surface area contributed by atoms with E-state index >= 15 is 0 Å². The topological polar surface area (TPSA) is 117 Å². The molecule has 2 aromatic carbocycles. The van der Waals surface area contributed by atoms with Crippen LogP contribution in [0.25, 0.3) is 0 Å². The minimum absolute atomic E-state index is 0.0141. The summed E-state index contributed by atoms with van der Waals surface area (Å²) in [6.45, 7) is 1.89. The number of β-amino-alcohol motifs (C(OH)–C–C–N with tert-alkyl or cyclic N) is 1. The van der Waals surface area contributed by atoms with E-state index in [9.17, 15) is 19.4 Å². The highest BCUT2D eigenvalue weighted by Crippen LogP contribution is 2.41. The van der Waals surface area contributed by atoms with Gasteiger partial charge in [0.05, 0.1) is 5.69 Å². The molecule has 2 aliphatic heterocycles. The van der Waals surface area contributed by atoms with Crippen molar-refractivity contribution in [3.05, 3.63) is 47.8 Å². The van der Waals surface area contributed by atoms with E-state index in [1.807, 2.05) is 0 Å². The number of carbonyl (C=O) groups excluding carboxylic acids is 1. The van der Waals surface area contributed by atoms with Crippen LogP contribution in [0, 0.1) is 5.82 Å². The van der Waals surface area contributed by atoms with Gasteiger partial charge in [0.2, 0.25) is 0 Å². The number of ether oxygens (including phenoxy) is 2. The standard InChI is InChI=1S/C22H26FN3O5/c23-15-1-4-19-14(9-15)11-22(31-19)5-7-26(8-6-22)12-17(28)13-30-20-10-16(27)2-3-18(20)25-21(24)29/h1-4,9-10,17,27-28H,5-8,11-13H2,(H3,24,25,29)/t17-/m0/s1. The van der Waals surface area contributed by atoms with Crippen molar-refractivity contribution in [2.75, 3.05) is 31.6 Å². The number of carbonyl (C=O) groups is 1. The number of aromatic hydroxyl groups is 1. The van der Waals surface area contributed by atoms with E-state index in [0.717, 1.165) is 37.2 Å². The third-order valence-electron chi connectivity index (χ3n) is 5.75. The third kappa shape index (κ3) is 5.00. The zero-order valence-electron chi connectivity index (χ0n) is 17.0. The van der Waals surface area contributed by atoms with Crippen molar-refractivity contribution in [3.8, 4) is 17.2 Å². The molecule has 1 fully saturated rings. The summed E-state index contributed by atoms with van der Waals surface area (Å²) in [7, 11) is 0. The maximum Gasteiger partial charge on any atom is 0.316 e. The monoisotopic (exact) mass is 431 g/mol. The van der Waals surface area contributed by atoms with Gasteiger partial charge in [-0.3, -0.25) is 0 Å². The lowest BCUT2D eigenvalue weighted by Crippen LogP contribution is -2.49. The first-order valence-corrected chi connectivity index (χ1v) is 10.2. The van der Waals surface area contributed by atoms with E-state index in [2.05, 4.69) is 10.2 Å². The Balaban J connectivity index is 1.27. The molecule has 5 N–H and O–H groups in total. The number of halogens is 1. The molecule has 0 saturated carbocycles. The van der Waals surface area contributed by atoms with Crippen molar-refractivity contribution in [2.24, 2.45) is 5.73 Å². The van der Waals surface area contributed by atoms with Gasteiger partial charge >= 0.3 is 6.03 Å². The molecule has 1 saturated heterocycles. The zero-order valence-corrected chi connectivity index (χ0v) is 17.0. The quantitative estimate of drug-likeness (QED) is 0.521. The number of nitrogens with one attached hydrogen (secondary N) is 1. The largest absolute Gasteiger partial charge is 0.508 e. The van der Waals surface area contributed by atoms with Crippen LogP contribution in [-0.4, -0.2) is 59.1 Å². The lowest BCUT2D eigenvalue weighted by Gasteiger charge is -2.39. The van der Waals surface area contributed by atoms with Crippen LogP contribution in [0.5, 0.6) is 17.2 Å². The van der Waals surface area contributed by atoms with Gasteiger partial charge in [0.15, 0.2) is 0 Å². The number of aliphatic hydroxyl groups is 1. The molecule has 0 unspecified atom stereocenters. The Bertz CT molecular complexity index is 962. The molecule has 0 aliphatic carbocycles. The summed E-state index contributed by atoms with van der Waals surface area (Å²) in [6.07, 6.45) is 1.51. The molecular formula is C22H26FN3O5. The average molecular weight is 431 g/mol. The molecule has 2 amide bonds. The molecule has 1 spiro atoms. The maximum atomic E-state index is 13.5. The number of aliphatic hydroxyl groups excluding tert-OH is 1. The van der Waals surface area contributed by atoms with Gasteiger partial charge in [-0.2, -0.15) is 0 Å². The molecule has 2 heterocycles. The van der Waals surface area contributed by atoms with Crippen molar-refractivity contribution in [3.63, 3.8) is 0 Å². The molecule has 9 heteroatoms. The lowest BCUT2D eigenvalue weighted by molar-refractivity contribution is -0.00192. The predicted octanol–water partition coefficient (Wildman–Crippen LogP) is 2.23. The Morgan fingerprint density at radius 1 is 1.29 bits per heavy atom. The summed E-state index contributed by atoms with van der Waals surface area (Å²) in [5.74, 6) is 0.703. The summed E-state index contributed by atoms with van der Waals surface area (Å²) in [5.41, 5.74) is 6.06. The molecule has 31 heavy (non-hydrogen) atoms. The van der Waals surface area contributed by atoms with Crippen molar-refractivity contribution in [1.82, 2.24) is 4.90 Å². The molecule has 0 radical (unpaired) electrons. The number of amides is 2. The maximum absolute atomic E-state index is 13.5. The highest BCUT2D eigenvalue weighted by atomic mass is 19.1. The van der Waals surface area contributed by atoms with Gasteiger partial charge in [-0.1, -0.05) is 0 Å². The Morgan fingerprint density at radius 3 is 2.81 bits per heavy atom. The minimum Gasteiger partial charge on any atom is -0.508 e. The van der Waals surface area contributed by atoms with Gasteiger partial charge < -0.3 is 35.6 Å². The lowest BCUT2D eigenvalue weighted by atomic mass is 9.87. The fraction of sp³-hybridized carbons (Fsp3) is 0.409. The van der Waals surface area contributed by atoms with Gasteiger partial charge in [-0.15, -0.1) is 0 Å². The van der Waals surface area contributed by atoms with Crippen LogP contribution in [0.4, 0.5) is 14.9 Å². The smallest absolute Gasteiger partial charge is 0.316 e. The number of likely N-dealkylation sites (tertiary alicyclic amines) is 1. The molecular weight excluding hydrogens is 405 g/mol. The second kappa shape index (κ2) is 8.60. The first-order valence-electron chi connectivity index (χ1n) is 10.2. The van der Waals surface area contributed by atoms with E-state index in [0.29, 0.717) is 18.7 Å². The highest BCUT2D eigenvalue weighted by Gasteiger charge is 2.42. The van der Waals surface area contributed by atoms with Gasteiger partial charge in [-0.05, 0) is 30.3 Å². The van der Waals surface area contributed by atoms with E-state index in [-0.39, 0.29) is 29.5 Å². The average Bonchev–Trinajstić information content (AvgIpc) is 3.06. The zero-order chi connectivity index (χ0) is 22.0. The van der Waals surface area contributed by atoms with Crippen LogP contribution < -0.4 is 20.5 Å². The van der Waals surface area contributed by atoms with Gasteiger partial charge in [0.1, 0.15) is 41.4 Å². The van der Waals surface area contributed by atoms with Crippen LogP contribution in [0.15, 0.2) is 36.4 Å². The number of primary amides is 1. The Kier molecular flexibility index (Phi) is 5.88. The van der Waals surface area contributed by atoms with Crippen LogP contribution in [0.3, 0.4) is 0 Å². The number of anilines is 1. The van der Waals surface area contributed by atoms with Gasteiger partial charge in [-0.25, -0.2) is 9.18 Å². The predicted molar refractivity (Wildman–Crippen MR) is 112 cm³/mol. The highest BCUT2D eigenvalue weighted by molar-refractivity contribution is 5.89. The number of phenolic OH excluding ortho intramolecular Hbond substituents is 1. The van der Waals surface area contributed by atoms with Crippen molar-refractivity contribution in [2.45, 2.75) is 31.0 Å². The Labute approximate surface area is 179 Å². The number of nitrogens with two attached hydrogens (primary N) is 1. The molecule has 2 aromatic rings. The molecule has 4 rings (SSSR count). The normalized spacial score (nSPS) is 18.3. The summed E-state index contributed by atoms with van der Waals surface area (Å²) >= 11 is 0. The molecule has 1 atom stereocenters. The number of hydrogen-bond donors (Lipinski definition) is 4. The van der Waals surface area contributed by atoms with Crippen molar-refractivity contribution < 1.29 is 28.9 Å². The van der Waals surface area contributed by atoms with Gasteiger partial charge in [0.25, 0.3) is 0 Å². The Morgan fingerprint density at radius 2 is 2.06 bits per heavy atom. The molecule has 0 bridgehead atoms. The molecule has 0 aromatic heterocycles. The number of phenols is 1. The molecule has 2 aliphatic rings. The van der Waals surface area contributed by atoms with E-state index in [1.54, 1.807) is 12.1 Å². The van der Waals surface area contributed by atoms with Crippen LogP contribution in [0.2, 0.25) is 0 Å². The third-order valence-corrected chi connectivity index (χ3v) is 5.75. The van der Waals surface area contributed by atoms with Crippen LogP contribution in [-0.2, 0) is 6.42 Å². The number of benzene rings is 2. The van der Waals surface area contributed by atoms with Gasteiger partial charge in [0, 0.05) is 50.5 Å². The second-order valence-electron chi connectivity index (χ2n) is 8.15. The first-order chi connectivity index (χ1) is 14.8. The number of nitrogens with zero attached hydrogens (tertiary/aromatic N) is 1. The van der Waals surface area contributed by atoms with E-state index < -0.39 is 12.1 Å². The SMILES string of the molecule is NC(=O)Nc1ccc(O)cc1OC[C@@H](O)CN1CCC2(CC1)Cc1cc(F)ccc1O2. The van der Waals surface area contributed by atoms with Crippen LogP contribution in [0.1, 0.15) is 18.4 Å². The van der Waals surface area contributed by atoms with E-state index in [1.165, 1.54) is 24.3 Å². The Hall–Kier alpha value is -3.04. The fourth-order valence-corrected chi connectivity index (χ4v) is 4.23. The summed E-state index contributed by atoms with van der Waals surface area (Å²) < 4.78 is 25.2. The van der Waals surface area contributed by atoms with E-state index in [4.69, 9.17) is 15.2 Å². The number of rotatable bonds is 6. The number of hydrogen-bond acceptors (Lipinski definition) is 6. The summed E-state index contributed by atoms with van der Waals surface area (Å²) in [4.78, 5) is 13.2. The van der Waals surface area contributed by atoms with Crippen molar-refractivity contribution >= 4 is 11.7 Å². The number of piperidine rings is 1. The molecule has 166 valence electrons. The number of fused-ring (bicyclic) bond motifs is 1. The fourth-order valence-electron chi connectivity index (χ4n) is 4.23.